The molecule has 0 saturated carbocycles. The lowest BCUT2D eigenvalue weighted by Gasteiger charge is -2.32. The van der Waals surface area contributed by atoms with Crippen molar-refractivity contribution in [2.24, 2.45) is 4.99 Å². The normalized spacial score (nSPS) is 15.7. The topological polar surface area (TPSA) is 49.6 Å². The van der Waals surface area contributed by atoms with Crippen molar-refractivity contribution in [1.29, 1.82) is 0 Å². The molecule has 0 radical (unpaired) electrons. The summed E-state index contributed by atoms with van der Waals surface area (Å²) in [5.74, 6) is 0.822. The van der Waals surface area contributed by atoms with Gasteiger partial charge in [-0.1, -0.05) is 164 Å². The molecule has 1 aliphatic heterocycles. The molecule has 0 aliphatic carbocycles. The van der Waals surface area contributed by atoms with Crippen molar-refractivity contribution in [3.05, 3.63) is 205 Å². The predicted octanol–water partition coefficient (Wildman–Crippen LogP) is 12.1. The first-order chi connectivity index (χ1) is 26.2. The highest BCUT2D eigenvalue weighted by Gasteiger charge is 2.28. The number of fused-ring (bicyclic) bond motifs is 4. The molecular formula is C49H35N3O. The molecule has 53 heavy (non-hydrogen) atoms. The Balaban J connectivity index is 1.06. The largest absolute Gasteiger partial charge is 0.456 e. The van der Waals surface area contributed by atoms with Crippen LogP contribution < -0.4 is 10.6 Å². The molecule has 252 valence electrons. The number of hydrogen-bond donors (Lipinski definition) is 2. The second-order valence-corrected chi connectivity index (χ2v) is 13.7. The van der Waals surface area contributed by atoms with Crippen molar-refractivity contribution >= 4 is 38.5 Å². The highest BCUT2D eigenvalue weighted by Crippen LogP contribution is 2.38. The third-order valence-corrected chi connectivity index (χ3v) is 10.4. The number of amidine groups is 1. The van der Waals surface area contributed by atoms with Gasteiger partial charge in [-0.15, -0.1) is 0 Å². The van der Waals surface area contributed by atoms with E-state index in [0.717, 1.165) is 55.6 Å². The molecule has 1 aromatic heterocycles. The maximum atomic E-state index is 6.55. The average molecular weight is 682 g/mol. The molecule has 2 N–H and O–H groups in total. The lowest BCUT2D eigenvalue weighted by molar-refractivity contribution is 0.409. The van der Waals surface area contributed by atoms with Crippen molar-refractivity contribution in [1.82, 2.24) is 10.6 Å². The van der Waals surface area contributed by atoms with Crippen molar-refractivity contribution in [2.45, 2.75) is 12.3 Å². The summed E-state index contributed by atoms with van der Waals surface area (Å²) < 4.78 is 6.55. The minimum absolute atomic E-state index is 0.195. The minimum Gasteiger partial charge on any atom is -0.456 e. The van der Waals surface area contributed by atoms with Crippen molar-refractivity contribution in [3.63, 3.8) is 0 Å². The van der Waals surface area contributed by atoms with Gasteiger partial charge in [-0.05, 0) is 79.5 Å². The summed E-state index contributed by atoms with van der Waals surface area (Å²) in [5.41, 5.74) is 11.9. The van der Waals surface area contributed by atoms with Gasteiger partial charge in [0.05, 0.1) is 0 Å². The van der Waals surface area contributed by atoms with Crippen LogP contribution >= 0.6 is 0 Å². The van der Waals surface area contributed by atoms with Crippen LogP contribution in [-0.2, 0) is 0 Å². The monoisotopic (exact) mass is 681 g/mol. The van der Waals surface area contributed by atoms with Crippen LogP contribution in [0.15, 0.2) is 197 Å². The van der Waals surface area contributed by atoms with Crippen LogP contribution in [0.3, 0.4) is 0 Å². The lowest BCUT2D eigenvalue weighted by Crippen LogP contribution is -2.45. The number of para-hydroxylation sites is 1. The third-order valence-electron chi connectivity index (χ3n) is 10.4. The highest BCUT2D eigenvalue weighted by molar-refractivity contribution is 6.19. The number of aliphatic imine (C=N–C) groups is 1. The van der Waals surface area contributed by atoms with Crippen LogP contribution in [0, 0.1) is 0 Å². The van der Waals surface area contributed by atoms with Crippen LogP contribution in [0.1, 0.15) is 29.0 Å². The molecule has 4 heteroatoms. The summed E-state index contributed by atoms with van der Waals surface area (Å²) in [6.45, 7) is 0. The Morgan fingerprint density at radius 1 is 0.434 bits per heavy atom. The number of nitrogens with one attached hydrogen (secondary N) is 2. The van der Waals surface area contributed by atoms with Crippen LogP contribution in [-0.4, -0.2) is 5.84 Å². The van der Waals surface area contributed by atoms with Gasteiger partial charge in [0.1, 0.15) is 29.3 Å². The molecule has 2 heterocycles. The van der Waals surface area contributed by atoms with Gasteiger partial charge in [0.25, 0.3) is 0 Å². The molecule has 8 aromatic carbocycles. The molecule has 2 unspecified atom stereocenters. The Kier molecular flexibility index (Phi) is 7.67. The molecule has 9 aromatic rings. The first-order valence-electron chi connectivity index (χ1n) is 18.1. The SMILES string of the molecule is c1ccc(-c2ccc(-c3ccc(C4NC(c5cc(-c6ccc7ccccc7c6)cc6oc7ccccc7c56)=NC(c5ccccc5)N4)cc3)cc2)cc1. The first kappa shape index (κ1) is 31.0. The van der Waals surface area contributed by atoms with E-state index in [1.807, 2.05) is 18.2 Å². The van der Waals surface area contributed by atoms with Gasteiger partial charge in [-0.2, -0.15) is 0 Å². The van der Waals surface area contributed by atoms with E-state index in [-0.39, 0.29) is 12.3 Å². The zero-order chi connectivity index (χ0) is 35.1. The minimum atomic E-state index is -0.264. The Labute approximate surface area is 308 Å². The third kappa shape index (κ3) is 5.85. The van der Waals surface area contributed by atoms with E-state index in [1.54, 1.807) is 0 Å². The Bertz CT molecular complexity index is 2770. The van der Waals surface area contributed by atoms with Gasteiger partial charge in [-0.25, -0.2) is 4.99 Å². The number of nitrogens with zero attached hydrogens (tertiary/aromatic N) is 1. The van der Waals surface area contributed by atoms with E-state index in [2.05, 4.69) is 180 Å². The summed E-state index contributed by atoms with van der Waals surface area (Å²) in [5, 5.41) is 12.2. The van der Waals surface area contributed by atoms with Crippen LogP contribution in [0.2, 0.25) is 0 Å². The van der Waals surface area contributed by atoms with Crippen molar-refractivity contribution in [2.75, 3.05) is 0 Å². The van der Waals surface area contributed by atoms with E-state index in [4.69, 9.17) is 9.41 Å². The fourth-order valence-electron chi connectivity index (χ4n) is 7.60. The van der Waals surface area contributed by atoms with E-state index in [9.17, 15) is 0 Å². The Hall–Kier alpha value is -6.75. The van der Waals surface area contributed by atoms with Crippen molar-refractivity contribution in [3.8, 4) is 33.4 Å². The predicted molar refractivity (Wildman–Crippen MR) is 219 cm³/mol. The molecule has 10 rings (SSSR count). The number of rotatable bonds is 6. The van der Waals surface area contributed by atoms with Gasteiger partial charge in [0.2, 0.25) is 0 Å². The molecule has 0 bridgehead atoms. The van der Waals surface area contributed by atoms with E-state index in [1.165, 1.54) is 33.0 Å². The van der Waals surface area contributed by atoms with Crippen LogP contribution in [0.4, 0.5) is 0 Å². The smallest absolute Gasteiger partial charge is 0.136 e. The Morgan fingerprint density at radius 3 is 1.79 bits per heavy atom. The highest BCUT2D eigenvalue weighted by atomic mass is 16.3. The second kappa shape index (κ2) is 13.1. The average Bonchev–Trinajstić information content (AvgIpc) is 3.62. The first-order valence-corrected chi connectivity index (χ1v) is 18.1. The molecule has 0 fully saturated rings. The fraction of sp³-hybridized carbons (Fsp3) is 0.0408. The Morgan fingerprint density at radius 2 is 1.04 bits per heavy atom. The zero-order valence-electron chi connectivity index (χ0n) is 28.9. The molecular weight excluding hydrogens is 647 g/mol. The molecule has 2 atom stereocenters. The lowest BCUT2D eigenvalue weighted by atomic mass is 9.95. The quantitative estimate of drug-likeness (QED) is 0.184. The molecule has 0 saturated heterocycles. The summed E-state index contributed by atoms with van der Waals surface area (Å²) in [6.07, 6.45) is -0.458. The number of benzene rings is 8. The van der Waals surface area contributed by atoms with E-state index < -0.39 is 0 Å². The van der Waals surface area contributed by atoms with Gasteiger partial charge >= 0.3 is 0 Å². The molecule has 0 spiro atoms. The molecule has 4 nitrogen and oxygen atoms in total. The fourth-order valence-corrected chi connectivity index (χ4v) is 7.60. The van der Waals surface area contributed by atoms with Gasteiger partial charge < -0.3 is 9.73 Å². The van der Waals surface area contributed by atoms with Gasteiger partial charge in [0.15, 0.2) is 0 Å². The van der Waals surface area contributed by atoms with Gasteiger partial charge in [0, 0.05) is 16.3 Å². The standard InChI is InChI=1S/C49H35N3O/c1-3-11-32(12-4-1)34-19-21-35(22-20-34)36-23-26-38(27-24-36)48-50-47(37-14-5-2-6-15-37)51-49(52-48)43-30-41(40-28-25-33-13-7-8-16-39(33)29-40)31-45-46(43)42-17-9-10-18-44(42)53-45/h1-31,47-48,50H,(H,51,52). The van der Waals surface area contributed by atoms with Crippen LogP contribution in [0.25, 0.3) is 66.1 Å². The summed E-state index contributed by atoms with van der Waals surface area (Å²) in [4.78, 5) is 5.37. The number of hydrogen-bond acceptors (Lipinski definition) is 4. The maximum Gasteiger partial charge on any atom is 0.136 e. The zero-order valence-corrected chi connectivity index (χ0v) is 28.9. The van der Waals surface area contributed by atoms with Crippen molar-refractivity contribution < 1.29 is 4.42 Å². The van der Waals surface area contributed by atoms with Crippen LogP contribution in [0.5, 0.6) is 0 Å². The van der Waals surface area contributed by atoms with E-state index >= 15 is 0 Å². The maximum absolute atomic E-state index is 6.55. The van der Waals surface area contributed by atoms with Gasteiger partial charge in [-0.3, -0.25) is 5.32 Å². The second-order valence-electron chi connectivity index (χ2n) is 13.7. The summed E-state index contributed by atoms with van der Waals surface area (Å²) in [7, 11) is 0. The summed E-state index contributed by atoms with van der Waals surface area (Å²) >= 11 is 0. The number of furan rings is 1. The van der Waals surface area contributed by atoms with E-state index in [0.29, 0.717) is 0 Å². The summed E-state index contributed by atoms with van der Waals surface area (Å²) in [6, 6.07) is 66.5. The molecule has 1 aliphatic rings. The molecule has 0 amide bonds.